The molecule has 2 N–H and O–H groups in total. The molecular weight excluding hydrogens is 398 g/mol. The number of thiazole rings is 1. The first kappa shape index (κ1) is 18.3. The molecule has 1 amide bonds. The number of hydrogen-bond donors (Lipinski definition) is 2. The van der Waals surface area contributed by atoms with Gasteiger partial charge in [-0.05, 0) is 0 Å². The number of hydrogen-bond acceptors (Lipinski definition) is 9. The number of aromatic amines is 1. The SMILES string of the molecule is O=C(CCc1nc(CSc2n[nH]c(-c3ccccc3)n2)no1)Nc1nccs1. The fraction of sp³-hybridized carbons (Fsp3) is 0.176. The molecule has 4 rings (SSSR count). The van der Waals surface area contributed by atoms with E-state index in [1.165, 1.54) is 23.1 Å². The molecule has 3 aromatic heterocycles. The predicted octanol–water partition coefficient (Wildman–Crippen LogP) is 3.17. The molecule has 0 aliphatic rings. The molecule has 0 radical (unpaired) electrons. The predicted molar refractivity (Wildman–Crippen MR) is 105 cm³/mol. The van der Waals surface area contributed by atoms with Gasteiger partial charge in [0, 0.05) is 30.0 Å². The summed E-state index contributed by atoms with van der Waals surface area (Å²) in [4.78, 5) is 24.6. The van der Waals surface area contributed by atoms with E-state index >= 15 is 0 Å². The molecule has 4 aromatic rings. The molecular formula is C17H15N7O2S2. The van der Waals surface area contributed by atoms with E-state index in [2.05, 4.69) is 35.6 Å². The second-order valence-electron chi connectivity index (χ2n) is 5.61. The number of aryl methyl sites for hydroxylation is 1. The smallest absolute Gasteiger partial charge is 0.227 e. The summed E-state index contributed by atoms with van der Waals surface area (Å²) in [5, 5.41) is 16.7. The summed E-state index contributed by atoms with van der Waals surface area (Å²) >= 11 is 2.78. The molecule has 9 nitrogen and oxygen atoms in total. The Hall–Kier alpha value is -3.05. The molecule has 0 saturated heterocycles. The van der Waals surface area contributed by atoms with Gasteiger partial charge in [0.05, 0.1) is 5.75 Å². The Morgan fingerprint density at radius 1 is 1.25 bits per heavy atom. The highest BCUT2D eigenvalue weighted by atomic mass is 32.2. The molecule has 0 aliphatic carbocycles. The number of H-pyrrole nitrogens is 1. The summed E-state index contributed by atoms with van der Waals surface area (Å²) in [6.07, 6.45) is 2.25. The van der Waals surface area contributed by atoms with E-state index in [1.807, 2.05) is 30.3 Å². The monoisotopic (exact) mass is 413 g/mol. The third kappa shape index (κ3) is 4.81. The standard InChI is InChI=1S/C17H15N7O2S2/c25-13(20-16-18-8-9-27-16)6-7-14-19-12(24-26-14)10-28-17-21-15(22-23-17)11-4-2-1-3-5-11/h1-5,8-9H,6-7,10H2,(H,18,20,25)(H,21,22,23). The Morgan fingerprint density at radius 3 is 2.96 bits per heavy atom. The summed E-state index contributed by atoms with van der Waals surface area (Å²) in [5.41, 5.74) is 0.972. The Labute approximate surface area is 168 Å². The Balaban J connectivity index is 1.26. The molecule has 11 heteroatoms. The first-order valence-electron chi connectivity index (χ1n) is 8.38. The van der Waals surface area contributed by atoms with Gasteiger partial charge in [-0.15, -0.1) is 16.4 Å². The van der Waals surface area contributed by atoms with Gasteiger partial charge in [-0.1, -0.05) is 47.3 Å². The van der Waals surface area contributed by atoms with Gasteiger partial charge < -0.3 is 9.84 Å². The number of anilines is 1. The number of rotatable bonds is 8. The van der Waals surface area contributed by atoms with Gasteiger partial charge >= 0.3 is 0 Å². The third-order valence-corrected chi connectivity index (χ3v) is 5.13. The minimum atomic E-state index is -0.141. The van der Waals surface area contributed by atoms with Crippen molar-refractivity contribution in [3.05, 3.63) is 53.6 Å². The summed E-state index contributed by atoms with van der Waals surface area (Å²) in [5.74, 6) is 2.00. The molecule has 0 aliphatic heterocycles. The van der Waals surface area contributed by atoms with Gasteiger partial charge in [0.1, 0.15) is 0 Å². The molecule has 0 fully saturated rings. The topological polar surface area (TPSA) is 122 Å². The number of carbonyl (C=O) groups is 1. The van der Waals surface area contributed by atoms with Crippen LogP contribution in [0.15, 0.2) is 51.6 Å². The third-order valence-electron chi connectivity index (χ3n) is 3.60. The minimum Gasteiger partial charge on any atom is -0.339 e. The van der Waals surface area contributed by atoms with E-state index in [4.69, 9.17) is 4.52 Å². The molecule has 3 heterocycles. The van der Waals surface area contributed by atoms with E-state index in [1.54, 1.807) is 11.6 Å². The number of nitrogens with one attached hydrogen (secondary N) is 2. The Morgan fingerprint density at radius 2 is 2.14 bits per heavy atom. The lowest BCUT2D eigenvalue weighted by atomic mass is 10.2. The van der Waals surface area contributed by atoms with Crippen molar-refractivity contribution in [1.82, 2.24) is 30.3 Å². The van der Waals surface area contributed by atoms with Crippen LogP contribution in [0.2, 0.25) is 0 Å². The van der Waals surface area contributed by atoms with Crippen LogP contribution in [0, 0.1) is 0 Å². The summed E-state index contributed by atoms with van der Waals surface area (Å²) < 4.78 is 5.20. The highest BCUT2D eigenvalue weighted by Gasteiger charge is 2.12. The van der Waals surface area contributed by atoms with Crippen molar-refractivity contribution in [3.8, 4) is 11.4 Å². The van der Waals surface area contributed by atoms with Crippen LogP contribution < -0.4 is 5.32 Å². The van der Waals surface area contributed by atoms with E-state index in [0.29, 0.717) is 40.0 Å². The lowest BCUT2D eigenvalue weighted by Gasteiger charge is -1.98. The van der Waals surface area contributed by atoms with E-state index in [9.17, 15) is 4.79 Å². The lowest BCUT2D eigenvalue weighted by molar-refractivity contribution is -0.116. The summed E-state index contributed by atoms with van der Waals surface area (Å²) in [6.45, 7) is 0. The molecule has 1 aromatic carbocycles. The van der Waals surface area contributed by atoms with Crippen LogP contribution in [-0.2, 0) is 17.0 Å². The van der Waals surface area contributed by atoms with Crippen LogP contribution in [0.3, 0.4) is 0 Å². The second-order valence-corrected chi connectivity index (χ2v) is 7.45. The van der Waals surface area contributed by atoms with E-state index in [0.717, 1.165) is 5.56 Å². The van der Waals surface area contributed by atoms with Gasteiger partial charge in [0.15, 0.2) is 16.8 Å². The van der Waals surface area contributed by atoms with Crippen molar-refractivity contribution in [2.24, 2.45) is 0 Å². The zero-order valence-electron chi connectivity index (χ0n) is 14.5. The van der Waals surface area contributed by atoms with Crippen molar-refractivity contribution < 1.29 is 9.32 Å². The zero-order valence-corrected chi connectivity index (χ0v) is 16.2. The van der Waals surface area contributed by atoms with Crippen molar-refractivity contribution in [1.29, 1.82) is 0 Å². The largest absolute Gasteiger partial charge is 0.339 e. The van der Waals surface area contributed by atoms with Gasteiger partial charge in [0.25, 0.3) is 0 Å². The van der Waals surface area contributed by atoms with Crippen LogP contribution in [0.4, 0.5) is 5.13 Å². The first-order valence-corrected chi connectivity index (χ1v) is 10.2. The molecule has 0 unspecified atom stereocenters. The van der Waals surface area contributed by atoms with Crippen LogP contribution in [0.25, 0.3) is 11.4 Å². The van der Waals surface area contributed by atoms with E-state index < -0.39 is 0 Å². The highest BCUT2D eigenvalue weighted by Crippen LogP contribution is 2.21. The molecule has 0 atom stereocenters. The van der Waals surface area contributed by atoms with Crippen LogP contribution in [-0.4, -0.2) is 36.2 Å². The van der Waals surface area contributed by atoms with Crippen molar-refractivity contribution in [3.63, 3.8) is 0 Å². The number of nitrogens with zero attached hydrogens (tertiary/aromatic N) is 5. The maximum Gasteiger partial charge on any atom is 0.227 e. The summed E-state index contributed by atoms with van der Waals surface area (Å²) in [7, 11) is 0. The average molecular weight is 413 g/mol. The highest BCUT2D eigenvalue weighted by molar-refractivity contribution is 7.98. The maximum atomic E-state index is 11.9. The van der Waals surface area contributed by atoms with Crippen LogP contribution in [0.5, 0.6) is 0 Å². The van der Waals surface area contributed by atoms with Crippen molar-refractivity contribution in [2.45, 2.75) is 23.8 Å². The lowest BCUT2D eigenvalue weighted by Crippen LogP contribution is -2.12. The summed E-state index contributed by atoms with van der Waals surface area (Å²) in [6, 6.07) is 9.77. The molecule has 0 bridgehead atoms. The maximum absolute atomic E-state index is 11.9. The molecule has 28 heavy (non-hydrogen) atoms. The molecule has 142 valence electrons. The Kier molecular flexibility index (Phi) is 5.73. The van der Waals surface area contributed by atoms with Gasteiger partial charge in [-0.25, -0.2) is 9.97 Å². The number of benzene rings is 1. The Bertz CT molecular complexity index is 1030. The van der Waals surface area contributed by atoms with Crippen LogP contribution >= 0.6 is 23.1 Å². The first-order chi connectivity index (χ1) is 13.8. The number of thioether (sulfide) groups is 1. The second kappa shape index (κ2) is 8.76. The molecule has 0 spiro atoms. The van der Waals surface area contributed by atoms with Crippen molar-refractivity contribution in [2.75, 3.05) is 5.32 Å². The quantitative estimate of drug-likeness (QED) is 0.422. The van der Waals surface area contributed by atoms with Crippen LogP contribution in [0.1, 0.15) is 18.1 Å². The van der Waals surface area contributed by atoms with E-state index in [-0.39, 0.29) is 12.3 Å². The fourth-order valence-electron chi connectivity index (χ4n) is 2.30. The van der Waals surface area contributed by atoms with Crippen molar-refractivity contribution >= 4 is 34.1 Å². The number of amides is 1. The minimum absolute atomic E-state index is 0.141. The number of aromatic nitrogens is 6. The normalized spacial score (nSPS) is 10.9. The van der Waals surface area contributed by atoms with Gasteiger partial charge in [-0.2, -0.15) is 4.98 Å². The number of carbonyl (C=O) groups excluding carboxylic acids is 1. The fourth-order valence-corrected chi connectivity index (χ4v) is 3.49. The van der Waals surface area contributed by atoms with Gasteiger partial charge in [0.2, 0.25) is 17.0 Å². The van der Waals surface area contributed by atoms with Gasteiger partial charge in [-0.3, -0.25) is 9.89 Å². The zero-order chi connectivity index (χ0) is 19.2. The molecule has 0 saturated carbocycles. The average Bonchev–Trinajstić information content (AvgIpc) is 3.47.